The van der Waals surface area contributed by atoms with E-state index in [1.54, 1.807) is 0 Å². The van der Waals surface area contributed by atoms with Gasteiger partial charge in [-0.2, -0.15) is 0 Å². The highest BCUT2D eigenvalue weighted by molar-refractivity contribution is 5.72. The van der Waals surface area contributed by atoms with Gasteiger partial charge in [0.1, 0.15) is 0 Å². The van der Waals surface area contributed by atoms with Gasteiger partial charge >= 0.3 is 0 Å². The van der Waals surface area contributed by atoms with Gasteiger partial charge in [-0.3, -0.25) is 4.99 Å². The molecular weight excluding hydrogens is 196 g/mol. The molecule has 0 bridgehead atoms. The van der Waals surface area contributed by atoms with Gasteiger partial charge in [0.2, 0.25) is 0 Å². The summed E-state index contributed by atoms with van der Waals surface area (Å²) >= 11 is 0. The third-order valence-corrected chi connectivity index (χ3v) is 3.19. The van der Waals surface area contributed by atoms with Crippen molar-refractivity contribution < 1.29 is 0 Å². The third kappa shape index (κ3) is 1.38. The number of nitrogen functional groups attached to an aromatic ring is 1. The highest BCUT2D eigenvalue weighted by Gasteiger charge is 2.12. The molecule has 0 aromatic heterocycles. The minimum absolute atomic E-state index is 0.841. The van der Waals surface area contributed by atoms with Crippen molar-refractivity contribution in [3.63, 3.8) is 0 Å². The zero-order valence-corrected chi connectivity index (χ0v) is 9.11. The van der Waals surface area contributed by atoms with Crippen molar-refractivity contribution in [1.82, 2.24) is 0 Å². The van der Waals surface area contributed by atoms with Gasteiger partial charge in [0.05, 0.1) is 5.36 Å². The van der Waals surface area contributed by atoms with Gasteiger partial charge in [-0.15, -0.1) is 0 Å². The van der Waals surface area contributed by atoms with Crippen molar-refractivity contribution >= 4 is 11.3 Å². The molecule has 1 aromatic carbocycles. The van der Waals surface area contributed by atoms with Crippen LogP contribution in [0.2, 0.25) is 0 Å². The predicted molar refractivity (Wildman–Crippen MR) is 66.1 cm³/mol. The second-order valence-corrected chi connectivity index (χ2v) is 4.22. The van der Waals surface area contributed by atoms with Crippen LogP contribution in [-0.4, -0.2) is 0 Å². The van der Waals surface area contributed by atoms with E-state index in [2.05, 4.69) is 17.1 Å². The standard InChI is InChI=1S/C14H14N2/c15-12-6-3-7-13-14(12)11-5-2-1-4-10(11)8-9-16-13/h3-4,6-9H,1-2,5,15H2. The van der Waals surface area contributed by atoms with Gasteiger partial charge in [0, 0.05) is 17.1 Å². The monoisotopic (exact) mass is 210 g/mol. The van der Waals surface area contributed by atoms with Crippen molar-refractivity contribution in [3.05, 3.63) is 52.7 Å². The SMILES string of the molecule is Nc1cccc2c1=C1CCCC=C1C=CN=2. The number of hydrogen-bond acceptors (Lipinski definition) is 2. The molecule has 1 heterocycles. The normalized spacial score (nSPS) is 18.0. The Bertz CT molecular complexity index is 606. The Labute approximate surface area is 94.5 Å². The van der Waals surface area contributed by atoms with Crippen LogP contribution in [0.15, 0.2) is 47.1 Å². The van der Waals surface area contributed by atoms with Crippen molar-refractivity contribution in [1.29, 1.82) is 0 Å². The fraction of sp³-hybridized carbons (Fsp3) is 0.214. The molecule has 2 N–H and O–H groups in total. The molecule has 2 aliphatic rings. The van der Waals surface area contributed by atoms with Gasteiger partial charge < -0.3 is 5.73 Å². The molecule has 0 unspecified atom stereocenters. The first kappa shape index (κ1) is 9.40. The first-order valence-corrected chi connectivity index (χ1v) is 5.69. The van der Waals surface area contributed by atoms with Crippen LogP contribution >= 0.6 is 0 Å². The average molecular weight is 210 g/mol. The van der Waals surface area contributed by atoms with E-state index in [9.17, 15) is 0 Å². The summed E-state index contributed by atoms with van der Waals surface area (Å²) in [6.07, 6.45) is 9.72. The lowest BCUT2D eigenvalue weighted by Gasteiger charge is -2.14. The molecule has 80 valence electrons. The lowest BCUT2D eigenvalue weighted by Crippen LogP contribution is -2.30. The minimum atomic E-state index is 0.841. The summed E-state index contributed by atoms with van der Waals surface area (Å²) in [6, 6.07) is 5.95. The summed E-state index contributed by atoms with van der Waals surface area (Å²) in [6.45, 7) is 0. The first-order valence-electron chi connectivity index (χ1n) is 5.69. The van der Waals surface area contributed by atoms with Crippen molar-refractivity contribution in [3.8, 4) is 0 Å². The zero-order chi connectivity index (χ0) is 11.0. The van der Waals surface area contributed by atoms with Gasteiger partial charge in [-0.05, 0) is 48.6 Å². The fourth-order valence-corrected chi connectivity index (χ4v) is 2.43. The summed E-state index contributed by atoms with van der Waals surface area (Å²) < 4.78 is 0. The maximum Gasteiger partial charge on any atom is 0.0725 e. The topological polar surface area (TPSA) is 38.4 Å². The molecule has 2 heteroatoms. The average Bonchev–Trinajstić information content (AvgIpc) is 2.49. The smallest absolute Gasteiger partial charge is 0.0725 e. The maximum atomic E-state index is 6.08. The summed E-state index contributed by atoms with van der Waals surface area (Å²) in [5, 5.41) is 2.13. The molecule has 0 fully saturated rings. The molecule has 0 amide bonds. The van der Waals surface area contributed by atoms with Crippen LogP contribution < -0.4 is 16.3 Å². The van der Waals surface area contributed by atoms with Crippen molar-refractivity contribution in [2.24, 2.45) is 4.99 Å². The number of benzene rings is 1. The van der Waals surface area contributed by atoms with E-state index in [0.717, 1.165) is 29.1 Å². The Morgan fingerprint density at radius 2 is 2.19 bits per heavy atom. The highest BCUT2D eigenvalue weighted by atomic mass is 14.7. The Hall–Kier alpha value is -1.83. The summed E-state index contributed by atoms with van der Waals surface area (Å²) in [5.41, 5.74) is 9.58. The van der Waals surface area contributed by atoms with Crippen LogP contribution in [-0.2, 0) is 0 Å². The number of nitrogens with zero attached hydrogens (tertiary/aromatic N) is 1. The van der Waals surface area contributed by atoms with Crippen LogP contribution in [0.3, 0.4) is 0 Å². The van der Waals surface area contributed by atoms with Crippen LogP contribution in [0, 0.1) is 0 Å². The van der Waals surface area contributed by atoms with Gasteiger partial charge in [-0.25, -0.2) is 0 Å². The second kappa shape index (κ2) is 3.63. The minimum Gasteiger partial charge on any atom is -0.398 e. The van der Waals surface area contributed by atoms with E-state index in [1.807, 2.05) is 24.4 Å². The summed E-state index contributed by atoms with van der Waals surface area (Å²) in [7, 11) is 0. The maximum absolute atomic E-state index is 6.08. The lowest BCUT2D eigenvalue weighted by atomic mass is 9.91. The van der Waals surface area contributed by atoms with E-state index in [1.165, 1.54) is 17.6 Å². The number of fused-ring (bicyclic) bond motifs is 2. The summed E-state index contributed by atoms with van der Waals surface area (Å²) in [4.78, 5) is 4.45. The Kier molecular flexibility index (Phi) is 2.13. The van der Waals surface area contributed by atoms with Crippen LogP contribution in [0.25, 0.3) is 5.57 Å². The Morgan fingerprint density at radius 3 is 3.12 bits per heavy atom. The predicted octanol–water partition coefficient (Wildman–Crippen LogP) is 1.68. The van der Waals surface area contributed by atoms with E-state index in [4.69, 9.17) is 5.73 Å². The second-order valence-electron chi connectivity index (χ2n) is 4.22. The molecule has 1 aromatic rings. The molecule has 2 nitrogen and oxygen atoms in total. The van der Waals surface area contributed by atoms with Crippen LogP contribution in [0.4, 0.5) is 5.69 Å². The van der Waals surface area contributed by atoms with E-state index in [0.29, 0.717) is 0 Å². The number of rotatable bonds is 0. The molecule has 0 radical (unpaired) electrons. The molecule has 0 saturated heterocycles. The number of hydrogen-bond donors (Lipinski definition) is 1. The Balaban J connectivity index is 2.48. The summed E-state index contributed by atoms with van der Waals surface area (Å²) in [5.74, 6) is 0. The molecule has 3 rings (SSSR count). The van der Waals surface area contributed by atoms with Crippen molar-refractivity contribution in [2.75, 3.05) is 5.73 Å². The van der Waals surface area contributed by atoms with E-state index >= 15 is 0 Å². The van der Waals surface area contributed by atoms with Gasteiger partial charge in [0.25, 0.3) is 0 Å². The molecular formula is C14H14N2. The van der Waals surface area contributed by atoms with E-state index < -0.39 is 0 Å². The van der Waals surface area contributed by atoms with Crippen LogP contribution in [0.1, 0.15) is 19.3 Å². The molecule has 0 atom stereocenters. The molecule has 0 spiro atoms. The number of nitrogens with two attached hydrogens (primary N) is 1. The van der Waals surface area contributed by atoms with E-state index in [-0.39, 0.29) is 0 Å². The Morgan fingerprint density at radius 1 is 1.25 bits per heavy atom. The largest absolute Gasteiger partial charge is 0.398 e. The van der Waals surface area contributed by atoms with Gasteiger partial charge in [0.15, 0.2) is 0 Å². The fourth-order valence-electron chi connectivity index (χ4n) is 2.43. The molecule has 0 saturated carbocycles. The lowest BCUT2D eigenvalue weighted by molar-refractivity contribution is 0.851. The first-order chi connectivity index (χ1) is 7.86. The van der Waals surface area contributed by atoms with Crippen LogP contribution in [0.5, 0.6) is 0 Å². The third-order valence-electron chi connectivity index (χ3n) is 3.19. The zero-order valence-electron chi connectivity index (χ0n) is 9.11. The quantitative estimate of drug-likeness (QED) is 0.650. The number of allylic oxidation sites excluding steroid dienone is 3. The molecule has 1 aliphatic carbocycles. The highest BCUT2D eigenvalue weighted by Crippen LogP contribution is 2.25. The van der Waals surface area contributed by atoms with Gasteiger partial charge in [-0.1, -0.05) is 12.1 Å². The molecule has 1 aliphatic heterocycles. The number of anilines is 1. The van der Waals surface area contributed by atoms with Crippen molar-refractivity contribution in [2.45, 2.75) is 19.3 Å². The molecule has 16 heavy (non-hydrogen) atoms.